The first-order valence-electron chi connectivity index (χ1n) is 12.4. The maximum Gasteiger partial charge on any atom is 0.404 e. The lowest BCUT2D eigenvalue weighted by atomic mass is 9.92. The smallest absolute Gasteiger partial charge is 0.404 e. The Morgan fingerprint density at radius 3 is 2.81 bits per heavy atom. The van der Waals surface area contributed by atoms with Gasteiger partial charge in [-0.25, -0.2) is 4.79 Å². The second-order valence-corrected chi connectivity index (χ2v) is 9.32. The first-order chi connectivity index (χ1) is 17.5. The van der Waals surface area contributed by atoms with Crippen LogP contribution in [0.15, 0.2) is 48.7 Å². The van der Waals surface area contributed by atoms with E-state index in [1.807, 2.05) is 36.5 Å². The molecule has 4 aromatic rings. The highest BCUT2D eigenvalue weighted by Crippen LogP contribution is 2.36. The highest BCUT2D eigenvalue weighted by atomic mass is 16.5. The topological polar surface area (TPSA) is 122 Å². The molecule has 5 rings (SSSR count). The number of aromatic amines is 1. The molecule has 36 heavy (non-hydrogen) atoms. The molecule has 186 valence electrons. The molecule has 0 saturated carbocycles. The Kier molecular flexibility index (Phi) is 6.75. The van der Waals surface area contributed by atoms with Gasteiger partial charge in [-0.1, -0.05) is 24.3 Å². The average molecular weight is 486 g/mol. The van der Waals surface area contributed by atoms with Crippen LogP contribution in [-0.4, -0.2) is 35.1 Å². The number of hydrogen-bond acceptors (Lipinski definition) is 5. The molecule has 0 radical (unpaired) electrons. The number of nitrogens with zero attached hydrogens (tertiary/aromatic N) is 1. The number of hydrogen-bond donors (Lipinski definition) is 4. The van der Waals surface area contributed by atoms with Crippen LogP contribution < -0.4 is 16.4 Å². The number of aryl methyl sites for hydroxylation is 1. The Morgan fingerprint density at radius 2 is 1.97 bits per heavy atom. The number of pyridine rings is 1. The lowest BCUT2D eigenvalue weighted by molar-refractivity contribution is -0.118. The predicted molar refractivity (Wildman–Crippen MR) is 141 cm³/mol. The van der Waals surface area contributed by atoms with Crippen LogP contribution in [-0.2, 0) is 28.8 Å². The van der Waals surface area contributed by atoms with Gasteiger partial charge < -0.3 is 26.1 Å². The van der Waals surface area contributed by atoms with Gasteiger partial charge in [0.1, 0.15) is 6.61 Å². The molecule has 0 bridgehead atoms. The van der Waals surface area contributed by atoms with Gasteiger partial charge in [0.2, 0.25) is 5.91 Å². The van der Waals surface area contributed by atoms with Crippen molar-refractivity contribution < 1.29 is 14.3 Å². The molecular weight excluding hydrogens is 454 g/mol. The van der Waals surface area contributed by atoms with Gasteiger partial charge in [-0.15, -0.1) is 0 Å². The van der Waals surface area contributed by atoms with Crippen LogP contribution in [0.25, 0.3) is 21.8 Å². The Hall–Kier alpha value is -4.07. The van der Waals surface area contributed by atoms with Gasteiger partial charge >= 0.3 is 6.09 Å². The van der Waals surface area contributed by atoms with Crippen LogP contribution in [0.1, 0.15) is 48.2 Å². The molecule has 5 N–H and O–H groups in total. The SMILES string of the molecule is CC(=O)NCCc1c[nH]c2ccc(C(COC(N)=O)Nc3c4c(nc5ccccc35)CCCC4)cc12. The number of H-pyrrole nitrogens is 1. The number of carbonyl (C=O) groups is 2. The van der Waals surface area contributed by atoms with E-state index in [0.717, 1.165) is 70.0 Å². The van der Waals surface area contributed by atoms with Gasteiger partial charge in [0, 0.05) is 47.3 Å². The summed E-state index contributed by atoms with van der Waals surface area (Å²) in [5.41, 5.74) is 12.8. The summed E-state index contributed by atoms with van der Waals surface area (Å²) < 4.78 is 5.31. The minimum absolute atomic E-state index is 0.0451. The minimum Gasteiger partial charge on any atom is -0.447 e. The maximum atomic E-state index is 11.6. The van der Waals surface area contributed by atoms with E-state index in [9.17, 15) is 9.59 Å². The molecule has 2 aromatic carbocycles. The van der Waals surface area contributed by atoms with Crippen molar-refractivity contribution in [1.82, 2.24) is 15.3 Å². The molecular formula is C28H31N5O3. The van der Waals surface area contributed by atoms with Gasteiger partial charge in [-0.05, 0) is 67.0 Å². The zero-order valence-corrected chi connectivity index (χ0v) is 20.4. The van der Waals surface area contributed by atoms with Crippen molar-refractivity contribution in [3.63, 3.8) is 0 Å². The summed E-state index contributed by atoms with van der Waals surface area (Å²) in [4.78, 5) is 31.1. The first-order valence-corrected chi connectivity index (χ1v) is 12.4. The Labute approximate surface area is 209 Å². The highest BCUT2D eigenvalue weighted by Gasteiger charge is 2.22. The fraction of sp³-hybridized carbons (Fsp3) is 0.321. The normalized spacial score (nSPS) is 13.8. The number of aromatic nitrogens is 2. The molecule has 8 heteroatoms. The van der Waals surface area contributed by atoms with Crippen LogP contribution in [0.5, 0.6) is 0 Å². The van der Waals surface area contributed by atoms with Crippen molar-refractivity contribution in [3.8, 4) is 0 Å². The van der Waals surface area contributed by atoms with E-state index >= 15 is 0 Å². The molecule has 0 fully saturated rings. The molecule has 2 aromatic heterocycles. The first kappa shape index (κ1) is 23.7. The fourth-order valence-corrected chi connectivity index (χ4v) is 5.09. The monoisotopic (exact) mass is 485 g/mol. The number of para-hydroxylation sites is 1. The molecule has 2 heterocycles. The second kappa shape index (κ2) is 10.3. The predicted octanol–water partition coefficient (Wildman–Crippen LogP) is 4.52. The van der Waals surface area contributed by atoms with Gasteiger partial charge in [-0.3, -0.25) is 9.78 Å². The van der Waals surface area contributed by atoms with Crippen molar-refractivity contribution in [1.29, 1.82) is 0 Å². The molecule has 0 spiro atoms. The number of primary amides is 1. The molecule has 1 atom stereocenters. The minimum atomic E-state index is -0.804. The van der Waals surface area contributed by atoms with E-state index in [0.29, 0.717) is 13.0 Å². The van der Waals surface area contributed by atoms with E-state index in [1.165, 1.54) is 12.5 Å². The number of benzene rings is 2. The summed E-state index contributed by atoms with van der Waals surface area (Å²) in [5.74, 6) is -0.0451. The number of anilines is 1. The standard InChI is InChI=1S/C28H31N5O3/c1-17(34)30-13-12-19-15-31-23-11-10-18(14-22(19)23)26(16-36-28(29)35)33-27-20-6-2-4-8-24(20)32-25-9-5-3-7-21(25)27/h2,4,6,8,10-11,14-15,26,31H,3,5,7,9,12-13,16H2,1H3,(H2,29,35)(H,30,34)(H,32,33). The molecule has 1 aliphatic carbocycles. The van der Waals surface area contributed by atoms with Crippen LogP contribution >= 0.6 is 0 Å². The Bertz CT molecular complexity index is 1430. The van der Waals surface area contributed by atoms with Crippen LogP contribution in [0.4, 0.5) is 10.5 Å². The molecule has 8 nitrogen and oxygen atoms in total. The van der Waals surface area contributed by atoms with Gasteiger partial charge in [0.25, 0.3) is 0 Å². The van der Waals surface area contributed by atoms with Crippen LogP contribution in [0.3, 0.4) is 0 Å². The fourth-order valence-electron chi connectivity index (χ4n) is 5.09. The van der Waals surface area contributed by atoms with E-state index in [1.54, 1.807) is 0 Å². The summed E-state index contributed by atoms with van der Waals surface area (Å²) in [6, 6.07) is 14.0. The average Bonchev–Trinajstić information content (AvgIpc) is 3.27. The Balaban J connectivity index is 1.53. The van der Waals surface area contributed by atoms with Gasteiger partial charge in [0.15, 0.2) is 0 Å². The lowest BCUT2D eigenvalue weighted by Gasteiger charge is -2.26. The number of fused-ring (bicyclic) bond motifs is 3. The summed E-state index contributed by atoms with van der Waals surface area (Å²) in [6.45, 7) is 2.18. The second-order valence-electron chi connectivity index (χ2n) is 9.32. The van der Waals surface area contributed by atoms with Crippen molar-refractivity contribution in [2.75, 3.05) is 18.5 Å². The van der Waals surface area contributed by atoms with Gasteiger partial charge in [0.05, 0.1) is 11.6 Å². The summed E-state index contributed by atoms with van der Waals surface area (Å²) in [5, 5.41) is 8.70. The largest absolute Gasteiger partial charge is 0.447 e. The quantitative estimate of drug-likeness (QED) is 0.292. The zero-order valence-electron chi connectivity index (χ0n) is 20.4. The zero-order chi connectivity index (χ0) is 25.1. The molecule has 0 saturated heterocycles. The van der Waals surface area contributed by atoms with E-state index in [2.05, 4.69) is 27.8 Å². The molecule has 1 unspecified atom stereocenters. The van der Waals surface area contributed by atoms with Crippen molar-refractivity contribution in [2.24, 2.45) is 5.73 Å². The van der Waals surface area contributed by atoms with Crippen LogP contribution in [0, 0.1) is 0 Å². The number of nitrogens with one attached hydrogen (secondary N) is 3. The van der Waals surface area contributed by atoms with Crippen LogP contribution in [0.2, 0.25) is 0 Å². The van der Waals surface area contributed by atoms with E-state index < -0.39 is 6.09 Å². The maximum absolute atomic E-state index is 11.6. The van der Waals surface area contributed by atoms with Crippen molar-refractivity contribution >= 4 is 39.5 Å². The number of amides is 2. The summed E-state index contributed by atoms with van der Waals surface area (Å²) >= 11 is 0. The third-order valence-corrected chi connectivity index (χ3v) is 6.84. The highest BCUT2D eigenvalue weighted by molar-refractivity contribution is 5.94. The number of nitrogens with two attached hydrogens (primary N) is 1. The Morgan fingerprint density at radius 1 is 1.14 bits per heavy atom. The van der Waals surface area contributed by atoms with E-state index in [4.69, 9.17) is 15.5 Å². The number of ether oxygens (including phenoxy) is 1. The third-order valence-electron chi connectivity index (χ3n) is 6.84. The number of carbonyl (C=O) groups excluding carboxylic acids is 2. The molecule has 1 aliphatic rings. The number of rotatable bonds is 8. The summed E-state index contributed by atoms with van der Waals surface area (Å²) in [7, 11) is 0. The lowest BCUT2D eigenvalue weighted by Crippen LogP contribution is -2.24. The molecule has 0 aliphatic heterocycles. The third kappa shape index (κ3) is 4.98. The van der Waals surface area contributed by atoms with Crippen molar-refractivity contribution in [3.05, 3.63) is 71.0 Å². The van der Waals surface area contributed by atoms with E-state index in [-0.39, 0.29) is 18.6 Å². The summed E-state index contributed by atoms with van der Waals surface area (Å²) in [6.07, 6.45) is 6.07. The van der Waals surface area contributed by atoms with Crippen molar-refractivity contribution in [2.45, 2.75) is 45.1 Å². The molecule has 2 amide bonds. The van der Waals surface area contributed by atoms with Gasteiger partial charge in [-0.2, -0.15) is 0 Å².